The molecule has 0 aliphatic heterocycles. The van der Waals surface area contributed by atoms with Crippen molar-refractivity contribution in [3.8, 4) is 0 Å². The number of alkyl halides is 3. The molecule has 1 aromatic heterocycles. The van der Waals surface area contributed by atoms with Crippen LogP contribution < -0.4 is 5.32 Å². The zero-order valence-electron chi connectivity index (χ0n) is 13.4. The topological polar surface area (TPSA) is 78.3 Å². The molecule has 24 heavy (non-hydrogen) atoms. The molecule has 0 saturated heterocycles. The second kappa shape index (κ2) is 6.48. The highest BCUT2D eigenvalue weighted by Crippen LogP contribution is 2.48. The summed E-state index contributed by atoms with van der Waals surface area (Å²) in [5, 5.41) is 22.9. The molecule has 0 radical (unpaired) electrons. The second-order valence-electron chi connectivity index (χ2n) is 6.99. The van der Waals surface area contributed by atoms with E-state index in [4.69, 9.17) is 0 Å². The molecule has 1 unspecified atom stereocenters. The predicted octanol–water partition coefficient (Wildman–Crippen LogP) is 2.31. The van der Waals surface area contributed by atoms with Crippen LogP contribution in [0.3, 0.4) is 0 Å². The van der Waals surface area contributed by atoms with Crippen molar-refractivity contribution in [3.63, 3.8) is 0 Å². The Bertz CT molecular complexity index is 580. The van der Waals surface area contributed by atoms with Gasteiger partial charge in [-0.25, -0.2) is 4.98 Å². The van der Waals surface area contributed by atoms with Gasteiger partial charge in [-0.05, 0) is 31.1 Å². The number of hydrogen-bond donors (Lipinski definition) is 3. The van der Waals surface area contributed by atoms with Crippen molar-refractivity contribution in [1.82, 2.24) is 9.97 Å². The monoisotopic (exact) mass is 345 g/mol. The molecule has 0 spiro atoms. The Kier molecular flexibility index (Phi) is 4.70. The first-order chi connectivity index (χ1) is 11.3. The molecular weight excluding hydrogens is 323 g/mol. The maximum Gasteiger partial charge on any atom is 0.434 e. The molecule has 2 aliphatic carbocycles. The van der Waals surface area contributed by atoms with E-state index in [1.165, 1.54) is 6.20 Å². The molecule has 8 heteroatoms. The number of anilines is 1. The van der Waals surface area contributed by atoms with Crippen molar-refractivity contribution in [2.24, 2.45) is 23.7 Å². The highest BCUT2D eigenvalue weighted by molar-refractivity contribution is 5.35. The lowest BCUT2D eigenvalue weighted by atomic mass is 9.69. The first kappa shape index (κ1) is 17.4. The smallest absolute Gasteiger partial charge is 0.396 e. The minimum absolute atomic E-state index is 0.0713. The summed E-state index contributed by atoms with van der Waals surface area (Å²) in [6, 6.07) is -0.187. The average molecular weight is 345 g/mol. The quantitative estimate of drug-likeness (QED) is 0.781. The minimum atomic E-state index is -4.54. The van der Waals surface area contributed by atoms with Crippen LogP contribution in [0.5, 0.6) is 0 Å². The molecule has 1 heterocycles. The number of nitrogens with zero attached hydrogens (tertiary/aromatic N) is 2. The number of aliphatic hydroxyl groups is 2. The maximum absolute atomic E-state index is 12.8. The van der Waals surface area contributed by atoms with Gasteiger partial charge >= 0.3 is 6.18 Å². The maximum atomic E-state index is 12.8. The van der Waals surface area contributed by atoms with Crippen LogP contribution >= 0.6 is 0 Å². The second-order valence-corrected chi connectivity index (χ2v) is 6.99. The first-order valence-corrected chi connectivity index (χ1v) is 8.26. The lowest BCUT2D eigenvalue weighted by molar-refractivity contribution is -0.141. The first-order valence-electron chi connectivity index (χ1n) is 8.26. The van der Waals surface area contributed by atoms with Gasteiger partial charge in [0.05, 0.1) is 18.5 Å². The van der Waals surface area contributed by atoms with Gasteiger partial charge in [0.1, 0.15) is 5.82 Å². The number of aromatic nitrogens is 2. The van der Waals surface area contributed by atoms with Gasteiger partial charge in [0.15, 0.2) is 5.69 Å². The molecule has 134 valence electrons. The molecular formula is C16H22F3N3O2. The Hall–Kier alpha value is -1.41. The Labute approximate surface area is 138 Å². The fourth-order valence-electron chi connectivity index (χ4n) is 3.84. The number of nitrogens with one attached hydrogen (secondary N) is 1. The number of rotatable bonds is 4. The van der Waals surface area contributed by atoms with Crippen molar-refractivity contribution in [1.29, 1.82) is 0 Å². The van der Waals surface area contributed by atoms with Crippen LogP contribution in [0.2, 0.25) is 0 Å². The van der Waals surface area contributed by atoms with Crippen LogP contribution in [-0.4, -0.2) is 38.9 Å². The predicted molar refractivity (Wildman–Crippen MR) is 81.0 cm³/mol. The van der Waals surface area contributed by atoms with E-state index >= 15 is 0 Å². The van der Waals surface area contributed by atoms with Crippen LogP contribution in [0.25, 0.3) is 0 Å². The summed E-state index contributed by atoms with van der Waals surface area (Å²) in [6.07, 6.45) is -0.435. The molecule has 0 bridgehead atoms. The molecule has 0 amide bonds. The third-order valence-electron chi connectivity index (χ3n) is 5.33. The highest BCUT2D eigenvalue weighted by atomic mass is 19.4. The molecule has 0 aromatic carbocycles. The van der Waals surface area contributed by atoms with Crippen LogP contribution in [0.15, 0.2) is 12.4 Å². The van der Waals surface area contributed by atoms with Crippen molar-refractivity contribution in [3.05, 3.63) is 18.1 Å². The molecule has 3 rings (SSSR count). The van der Waals surface area contributed by atoms with Crippen LogP contribution in [0, 0.1) is 23.7 Å². The highest BCUT2D eigenvalue weighted by Gasteiger charge is 2.47. The standard InChI is InChI=1S/C16H22F3N3O2/c1-8-14(11(9-2-3-9)4-10(7-23)15(8)24)22-13-6-20-5-12(21-13)16(17,18)19/h5-6,8-11,14-15,23-24H,2-4,7H2,1H3,(H,21,22)/t8-,10-,11?,14-,15-/m1/s1. The van der Waals surface area contributed by atoms with Gasteiger partial charge in [0.25, 0.3) is 0 Å². The average Bonchev–Trinajstić information content (AvgIpc) is 3.36. The van der Waals surface area contributed by atoms with E-state index in [9.17, 15) is 23.4 Å². The van der Waals surface area contributed by atoms with Gasteiger partial charge in [-0.15, -0.1) is 0 Å². The van der Waals surface area contributed by atoms with Crippen molar-refractivity contribution in [2.75, 3.05) is 11.9 Å². The van der Waals surface area contributed by atoms with Gasteiger partial charge in [-0.3, -0.25) is 4.98 Å². The number of hydrogen-bond acceptors (Lipinski definition) is 5. The largest absolute Gasteiger partial charge is 0.434 e. The lowest BCUT2D eigenvalue weighted by Crippen LogP contribution is -2.51. The van der Waals surface area contributed by atoms with E-state index in [1.54, 1.807) is 0 Å². The number of halogens is 3. The molecule has 5 nitrogen and oxygen atoms in total. The summed E-state index contributed by atoms with van der Waals surface area (Å²) in [7, 11) is 0. The molecule has 1 aromatic rings. The lowest BCUT2D eigenvalue weighted by Gasteiger charge is -2.44. The molecule has 5 atom stereocenters. The normalized spacial score (nSPS) is 34.2. The van der Waals surface area contributed by atoms with Crippen molar-refractivity contribution < 1.29 is 23.4 Å². The summed E-state index contributed by atoms with van der Waals surface area (Å²) in [5.41, 5.74) is -1.03. The fourth-order valence-corrected chi connectivity index (χ4v) is 3.84. The zero-order chi connectivity index (χ0) is 17.5. The zero-order valence-corrected chi connectivity index (χ0v) is 13.4. The third-order valence-corrected chi connectivity index (χ3v) is 5.33. The summed E-state index contributed by atoms with van der Waals surface area (Å²) in [4.78, 5) is 7.25. The van der Waals surface area contributed by atoms with Crippen molar-refractivity contribution >= 4 is 5.82 Å². The SMILES string of the molecule is C[C@H]1[C@@H](O)[C@@H](CO)CC(C2CC2)[C@@H]1Nc1cncc(C(F)(F)F)n1. The molecule has 2 fully saturated rings. The Balaban J connectivity index is 1.81. The summed E-state index contributed by atoms with van der Waals surface area (Å²) in [5.74, 6) is 0.387. The third kappa shape index (κ3) is 3.49. The van der Waals surface area contributed by atoms with Crippen LogP contribution in [0.1, 0.15) is 31.9 Å². The van der Waals surface area contributed by atoms with Gasteiger partial charge < -0.3 is 15.5 Å². The van der Waals surface area contributed by atoms with E-state index in [-0.39, 0.29) is 36.2 Å². The van der Waals surface area contributed by atoms with Crippen LogP contribution in [-0.2, 0) is 6.18 Å². The van der Waals surface area contributed by atoms with E-state index in [0.29, 0.717) is 18.5 Å². The summed E-state index contributed by atoms with van der Waals surface area (Å²) >= 11 is 0. The van der Waals surface area contributed by atoms with E-state index in [2.05, 4.69) is 15.3 Å². The molecule has 2 aliphatic rings. The van der Waals surface area contributed by atoms with E-state index < -0.39 is 18.0 Å². The van der Waals surface area contributed by atoms with Crippen molar-refractivity contribution in [2.45, 2.75) is 44.5 Å². The summed E-state index contributed by atoms with van der Waals surface area (Å²) < 4.78 is 38.4. The van der Waals surface area contributed by atoms with E-state index in [0.717, 1.165) is 12.8 Å². The van der Waals surface area contributed by atoms with Crippen LogP contribution in [0.4, 0.5) is 19.0 Å². The van der Waals surface area contributed by atoms with Gasteiger partial charge in [0, 0.05) is 24.5 Å². The summed E-state index contributed by atoms with van der Waals surface area (Å²) in [6.45, 7) is 1.78. The Morgan fingerprint density at radius 3 is 2.58 bits per heavy atom. The number of aliphatic hydroxyl groups excluding tert-OH is 2. The molecule has 3 N–H and O–H groups in total. The minimum Gasteiger partial charge on any atom is -0.396 e. The van der Waals surface area contributed by atoms with E-state index in [1.807, 2.05) is 6.92 Å². The fraction of sp³-hybridized carbons (Fsp3) is 0.750. The Morgan fingerprint density at radius 1 is 1.29 bits per heavy atom. The molecule has 2 saturated carbocycles. The van der Waals surface area contributed by atoms with Gasteiger partial charge in [-0.2, -0.15) is 13.2 Å². The Morgan fingerprint density at radius 2 is 2.00 bits per heavy atom. The van der Waals surface area contributed by atoms with Gasteiger partial charge in [-0.1, -0.05) is 6.92 Å². The van der Waals surface area contributed by atoms with Gasteiger partial charge in [0.2, 0.25) is 0 Å².